The van der Waals surface area contributed by atoms with Gasteiger partial charge in [0.25, 0.3) is 5.91 Å². The molecule has 1 fully saturated rings. The lowest BCUT2D eigenvalue weighted by atomic mass is 10.1. The number of benzene rings is 1. The number of carbonyl (C=O) groups is 2. The minimum Gasteiger partial charge on any atom is -0.350 e. The molecule has 1 aliphatic heterocycles. The van der Waals surface area contributed by atoms with Crippen molar-refractivity contribution in [2.45, 2.75) is 64.2 Å². The average Bonchev–Trinajstić information content (AvgIpc) is 2.98. The van der Waals surface area contributed by atoms with Crippen LogP contribution in [0.15, 0.2) is 24.3 Å². The minimum atomic E-state index is -0.186. The Morgan fingerprint density at radius 3 is 2.35 bits per heavy atom. The number of carbonyl (C=O) groups excluding carboxylic acids is 2. The van der Waals surface area contributed by atoms with Crippen molar-refractivity contribution in [2.75, 3.05) is 19.6 Å². The third-order valence-electron chi connectivity index (χ3n) is 6.30. The summed E-state index contributed by atoms with van der Waals surface area (Å²) in [6.45, 7) is 2.02. The van der Waals surface area contributed by atoms with Crippen molar-refractivity contribution in [1.29, 1.82) is 0 Å². The van der Waals surface area contributed by atoms with Crippen LogP contribution in [0.2, 0.25) is 5.02 Å². The van der Waals surface area contributed by atoms with Gasteiger partial charge in [-0.25, -0.2) is 4.68 Å². The monoisotopic (exact) mass is 442 g/mol. The molecular weight excluding hydrogens is 412 g/mol. The van der Waals surface area contributed by atoms with E-state index in [1.165, 1.54) is 12.8 Å². The molecule has 31 heavy (non-hydrogen) atoms. The topological polar surface area (TPSA) is 67.2 Å². The zero-order valence-corrected chi connectivity index (χ0v) is 18.8. The largest absolute Gasteiger partial charge is 0.350 e. The fraction of sp³-hybridized carbons (Fsp3) is 0.542. The van der Waals surface area contributed by atoms with Gasteiger partial charge in [-0.3, -0.25) is 9.59 Å². The van der Waals surface area contributed by atoms with Crippen molar-refractivity contribution < 1.29 is 9.59 Å². The molecule has 0 atom stereocenters. The summed E-state index contributed by atoms with van der Waals surface area (Å²) in [5.74, 6) is -0.0535. The highest BCUT2D eigenvalue weighted by atomic mass is 35.5. The van der Waals surface area contributed by atoms with E-state index in [0.29, 0.717) is 23.7 Å². The lowest BCUT2D eigenvalue weighted by Crippen LogP contribution is -2.35. The van der Waals surface area contributed by atoms with Crippen LogP contribution < -0.4 is 5.32 Å². The number of halogens is 1. The molecule has 7 heteroatoms. The maximum Gasteiger partial charge on any atom is 0.272 e. The lowest BCUT2D eigenvalue weighted by molar-refractivity contribution is -0.131. The molecule has 1 N–H and O–H groups in total. The highest BCUT2D eigenvalue weighted by molar-refractivity contribution is 6.30. The van der Waals surface area contributed by atoms with E-state index in [1.807, 2.05) is 33.8 Å². The van der Waals surface area contributed by atoms with Crippen molar-refractivity contribution in [3.63, 3.8) is 0 Å². The average molecular weight is 443 g/mol. The predicted molar refractivity (Wildman–Crippen MR) is 122 cm³/mol. The smallest absolute Gasteiger partial charge is 0.272 e. The molecular formula is C24H31ClN4O2. The zero-order chi connectivity index (χ0) is 21.6. The van der Waals surface area contributed by atoms with Crippen LogP contribution in [-0.4, -0.2) is 46.1 Å². The Morgan fingerprint density at radius 2 is 1.61 bits per heavy atom. The predicted octanol–water partition coefficient (Wildman–Crippen LogP) is 4.32. The Kier molecular flexibility index (Phi) is 7.28. The highest BCUT2D eigenvalue weighted by Crippen LogP contribution is 2.27. The van der Waals surface area contributed by atoms with Crippen molar-refractivity contribution in [3.05, 3.63) is 46.2 Å². The third kappa shape index (κ3) is 5.29. The first kappa shape index (κ1) is 21.9. The Labute approximate surface area is 188 Å². The van der Waals surface area contributed by atoms with Crippen LogP contribution in [0, 0.1) is 0 Å². The Morgan fingerprint density at radius 1 is 0.935 bits per heavy atom. The molecule has 166 valence electrons. The van der Waals surface area contributed by atoms with Crippen molar-refractivity contribution >= 4 is 23.4 Å². The number of nitrogens with one attached hydrogen (secondary N) is 1. The zero-order valence-electron chi connectivity index (χ0n) is 18.0. The van der Waals surface area contributed by atoms with Crippen LogP contribution in [0.4, 0.5) is 0 Å². The number of amides is 2. The van der Waals surface area contributed by atoms with Crippen molar-refractivity contribution in [3.8, 4) is 5.69 Å². The van der Waals surface area contributed by atoms with Crippen LogP contribution in [0.1, 0.15) is 73.1 Å². The number of hydrogen-bond acceptors (Lipinski definition) is 3. The first-order chi connectivity index (χ1) is 15.1. The van der Waals surface area contributed by atoms with Gasteiger partial charge in [0.15, 0.2) is 5.69 Å². The number of aromatic nitrogens is 2. The molecule has 1 aliphatic carbocycles. The summed E-state index contributed by atoms with van der Waals surface area (Å²) >= 11 is 6.05. The maximum absolute atomic E-state index is 13.0. The van der Waals surface area contributed by atoms with Gasteiger partial charge in [-0.15, -0.1) is 0 Å². The van der Waals surface area contributed by atoms with E-state index in [-0.39, 0.29) is 11.8 Å². The molecule has 0 bridgehead atoms. The van der Waals surface area contributed by atoms with E-state index in [4.69, 9.17) is 16.7 Å². The first-order valence-electron chi connectivity index (χ1n) is 11.6. The summed E-state index contributed by atoms with van der Waals surface area (Å²) in [4.78, 5) is 27.5. The second kappa shape index (κ2) is 10.3. The van der Waals surface area contributed by atoms with Crippen LogP contribution >= 0.6 is 11.6 Å². The van der Waals surface area contributed by atoms with Gasteiger partial charge in [-0.05, 0) is 62.8 Å². The van der Waals surface area contributed by atoms with Gasteiger partial charge in [0, 0.05) is 42.3 Å². The van der Waals surface area contributed by atoms with Gasteiger partial charge in [-0.1, -0.05) is 30.9 Å². The second-order valence-corrected chi connectivity index (χ2v) is 8.96. The first-order valence-corrected chi connectivity index (χ1v) is 11.9. The minimum absolute atomic E-state index is 0.132. The summed E-state index contributed by atoms with van der Waals surface area (Å²) in [7, 11) is 0. The van der Waals surface area contributed by atoms with E-state index in [1.54, 1.807) is 0 Å². The number of hydrogen-bond donors (Lipinski definition) is 1. The molecule has 0 radical (unpaired) electrons. The van der Waals surface area contributed by atoms with E-state index >= 15 is 0 Å². The van der Waals surface area contributed by atoms with Crippen LogP contribution in [0.3, 0.4) is 0 Å². The number of rotatable bonds is 5. The van der Waals surface area contributed by atoms with Gasteiger partial charge in [0.1, 0.15) is 0 Å². The second-order valence-electron chi connectivity index (χ2n) is 8.52. The molecule has 0 unspecified atom stereocenters. The standard InChI is InChI=1S/C24H31ClN4O2/c25-18-10-12-19(13-11-18)29-21-9-5-3-4-8-20(21)23(27-29)24(31)26-15-14-22(30)28-16-6-1-2-7-17-28/h10-13H,1-9,14-17H2,(H,26,31). The molecule has 2 aromatic rings. The van der Waals surface area contributed by atoms with E-state index in [9.17, 15) is 9.59 Å². The summed E-state index contributed by atoms with van der Waals surface area (Å²) in [5, 5.41) is 8.32. The van der Waals surface area contributed by atoms with Crippen LogP contribution in [0.5, 0.6) is 0 Å². The third-order valence-corrected chi connectivity index (χ3v) is 6.55. The molecule has 0 saturated carbocycles. The van der Waals surface area contributed by atoms with Crippen LogP contribution in [-0.2, 0) is 17.6 Å². The van der Waals surface area contributed by atoms with Gasteiger partial charge in [-0.2, -0.15) is 5.10 Å². The van der Waals surface area contributed by atoms with Gasteiger partial charge < -0.3 is 10.2 Å². The number of fused-ring (bicyclic) bond motifs is 1. The molecule has 1 aromatic carbocycles. The molecule has 2 amide bonds. The Bertz CT molecular complexity index is 914. The lowest BCUT2D eigenvalue weighted by Gasteiger charge is -2.20. The molecule has 4 rings (SSSR count). The van der Waals surface area contributed by atoms with E-state index in [2.05, 4.69) is 5.32 Å². The van der Waals surface area contributed by atoms with Gasteiger partial charge in [0.2, 0.25) is 5.91 Å². The van der Waals surface area contributed by atoms with E-state index < -0.39 is 0 Å². The quantitative estimate of drug-likeness (QED) is 0.701. The molecule has 1 aromatic heterocycles. The summed E-state index contributed by atoms with van der Waals surface area (Å²) in [5.41, 5.74) is 3.57. The van der Waals surface area contributed by atoms with Crippen molar-refractivity contribution in [1.82, 2.24) is 20.0 Å². The Hall–Kier alpha value is -2.34. The van der Waals surface area contributed by atoms with E-state index in [0.717, 1.165) is 75.0 Å². The SMILES string of the molecule is O=C(NCCC(=O)N1CCCCCC1)c1nn(-c2ccc(Cl)cc2)c2c1CCCCC2. The molecule has 1 saturated heterocycles. The maximum atomic E-state index is 13.0. The molecule has 0 spiro atoms. The van der Waals surface area contributed by atoms with Crippen LogP contribution in [0.25, 0.3) is 5.69 Å². The highest BCUT2D eigenvalue weighted by Gasteiger charge is 2.25. The summed E-state index contributed by atoms with van der Waals surface area (Å²) < 4.78 is 1.90. The fourth-order valence-electron chi connectivity index (χ4n) is 4.60. The molecule has 6 nitrogen and oxygen atoms in total. The summed E-state index contributed by atoms with van der Waals surface area (Å²) in [6, 6.07) is 7.55. The molecule has 2 aliphatic rings. The number of likely N-dealkylation sites (tertiary alicyclic amines) is 1. The fourth-order valence-corrected chi connectivity index (χ4v) is 4.72. The van der Waals surface area contributed by atoms with Gasteiger partial charge in [0.05, 0.1) is 5.69 Å². The Balaban J connectivity index is 1.46. The van der Waals surface area contributed by atoms with Crippen molar-refractivity contribution in [2.24, 2.45) is 0 Å². The normalized spacial score (nSPS) is 16.9. The van der Waals surface area contributed by atoms with Gasteiger partial charge >= 0.3 is 0 Å². The molecule has 2 heterocycles. The number of nitrogens with zero attached hydrogens (tertiary/aromatic N) is 3. The summed E-state index contributed by atoms with van der Waals surface area (Å²) in [6.07, 6.45) is 9.96.